The molecule has 1 aliphatic rings. The van der Waals surface area contributed by atoms with Crippen LogP contribution in [-0.2, 0) is 16.3 Å². The predicted octanol–water partition coefficient (Wildman–Crippen LogP) is 3.16. The number of hydrogen-bond donors (Lipinski definition) is 0. The topological polar surface area (TPSA) is 90.9 Å². The van der Waals surface area contributed by atoms with Crippen LogP contribution < -0.4 is 0 Å². The molecule has 1 aliphatic carbocycles. The first-order chi connectivity index (χ1) is 12.5. The van der Waals surface area contributed by atoms with Gasteiger partial charge in [-0.2, -0.15) is 5.10 Å². The smallest absolute Gasteiger partial charge is 0.185 e. The first kappa shape index (κ1) is 17.0. The summed E-state index contributed by atoms with van der Waals surface area (Å²) in [5.41, 5.74) is 1.38. The maximum atomic E-state index is 11.7. The van der Waals surface area contributed by atoms with Gasteiger partial charge in [0.05, 0.1) is 10.6 Å². The minimum atomic E-state index is -3.24. The van der Waals surface area contributed by atoms with Crippen LogP contribution in [0.2, 0.25) is 0 Å². The maximum absolute atomic E-state index is 11.7. The average molecular weight is 372 g/mol. The van der Waals surface area contributed by atoms with Crippen LogP contribution in [0.25, 0.3) is 17.2 Å². The second-order valence-electron chi connectivity index (χ2n) is 6.67. The Morgan fingerprint density at radius 2 is 1.96 bits per heavy atom. The van der Waals surface area contributed by atoms with E-state index in [4.69, 9.17) is 4.52 Å². The third kappa shape index (κ3) is 3.29. The van der Waals surface area contributed by atoms with Crippen molar-refractivity contribution in [1.29, 1.82) is 0 Å². The Hall–Kier alpha value is -2.48. The molecule has 4 rings (SSSR count). The van der Waals surface area contributed by atoms with Crippen LogP contribution in [0, 0.1) is 0 Å². The molecule has 1 fully saturated rings. The minimum Gasteiger partial charge on any atom is -0.361 e. The molecule has 0 atom stereocenters. The second kappa shape index (κ2) is 6.35. The monoisotopic (exact) mass is 372 g/mol. The Kier molecular flexibility index (Phi) is 4.14. The molecule has 0 radical (unpaired) electrons. The molecule has 0 unspecified atom stereocenters. The van der Waals surface area contributed by atoms with Gasteiger partial charge in [0.15, 0.2) is 27.2 Å². The van der Waals surface area contributed by atoms with Gasteiger partial charge in [0.1, 0.15) is 5.76 Å². The molecule has 2 aromatic heterocycles. The molecule has 7 nitrogen and oxygen atoms in total. The van der Waals surface area contributed by atoms with E-state index < -0.39 is 9.84 Å². The van der Waals surface area contributed by atoms with Crippen molar-refractivity contribution >= 4 is 9.84 Å². The highest BCUT2D eigenvalue weighted by Crippen LogP contribution is 2.39. The van der Waals surface area contributed by atoms with Crippen molar-refractivity contribution < 1.29 is 12.9 Å². The number of benzene rings is 1. The molecule has 0 aliphatic heterocycles. The third-order valence-corrected chi connectivity index (χ3v) is 5.49. The van der Waals surface area contributed by atoms with Gasteiger partial charge in [0, 0.05) is 24.7 Å². The lowest BCUT2D eigenvalue weighted by atomic mass is 10.2. The first-order valence-corrected chi connectivity index (χ1v) is 10.6. The quantitative estimate of drug-likeness (QED) is 0.660. The summed E-state index contributed by atoms with van der Waals surface area (Å²) in [6.45, 7) is 2.08. The third-order valence-electron chi connectivity index (χ3n) is 4.36. The van der Waals surface area contributed by atoms with E-state index in [9.17, 15) is 8.42 Å². The van der Waals surface area contributed by atoms with Gasteiger partial charge in [-0.15, -0.1) is 0 Å². The zero-order valence-electron chi connectivity index (χ0n) is 14.7. The molecular weight excluding hydrogens is 352 g/mol. The fourth-order valence-corrected chi connectivity index (χ4v) is 3.44. The Labute approximate surface area is 152 Å². The normalized spacial score (nSPS) is 14.7. The molecule has 136 valence electrons. The van der Waals surface area contributed by atoms with Gasteiger partial charge in [0.25, 0.3) is 0 Å². The zero-order valence-corrected chi connectivity index (χ0v) is 15.5. The van der Waals surface area contributed by atoms with Crippen molar-refractivity contribution in [2.45, 2.75) is 43.4 Å². The summed E-state index contributed by atoms with van der Waals surface area (Å²) >= 11 is 0. The van der Waals surface area contributed by atoms with E-state index in [1.165, 1.54) is 6.26 Å². The number of aryl methyl sites for hydroxylation is 1. The van der Waals surface area contributed by atoms with Crippen molar-refractivity contribution in [3.8, 4) is 17.2 Å². The molecule has 0 bridgehead atoms. The highest BCUT2D eigenvalue weighted by Gasteiger charge is 2.30. The Morgan fingerprint density at radius 1 is 1.23 bits per heavy atom. The van der Waals surface area contributed by atoms with Crippen LogP contribution in [0.15, 0.2) is 39.8 Å². The molecular formula is C18H20N4O3S. The first-order valence-electron chi connectivity index (χ1n) is 8.69. The van der Waals surface area contributed by atoms with Gasteiger partial charge >= 0.3 is 0 Å². The number of rotatable bonds is 6. The number of nitrogens with zero attached hydrogens (tertiary/aromatic N) is 4. The van der Waals surface area contributed by atoms with Crippen LogP contribution >= 0.6 is 0 Å². The minimum absolute atomic E-state index is 0.275. The van der Waals surface area contributed by atoms with Gasteiger partial charge in [0.2, 0.25) is 0 Å². The molecule has 2 heterocycles. The van der Waals surface area contributed by atoms with E-state index in [2.05, 4.69) is 22.2 Å². The highest BCUT2D eigenvalue weighted by molar-refractivity contribution is 7.90. The summed E-state index contributed by atoms with van der Waals surface area (Å²) < 4.78 is 30.5. The zero-order chi connectivity index (χ0) is 18.3. The Bertz CT molecular complexity index is 1030. The standard InChI is InChI=1S/C18H20N4O3S/c1-3-4-14-11-16(21-25-14)18-19-17(12-5-6-12)20-22(18)13-7-9-15(10-8-13)26(2,23)24/h7-12H,3-6H2,1-2H3. The van der Waals surface area contributed by atoms with Crippen LogP contribution in [0.4, 0.5) is 0 Å². The summed E-state index contributed by atoms with van der Waals surface area (Å²) in [6.07, 6.45) is 5.17. The fraction of sp³-hybridized carbons (Fsp3) is 0.389. The maximum Gasteiger partial charge on any atom is 0.185 e. The highest BCUT2D eigenvalue weighted by atomic mass is 32.2. The van der Waals surface area contributed by atoms with Crippen LogP contribution in [0.1, 0.15) is 43.7 Å². The van der Waals surface area contributed by atoms with Gasteiger partial charge in [-0.1, -0.05) is 12.1 Å². The van der Waals surface area contributed by atoms with E-state index in [0.717, 1.165) is 43.0 Å². The van der Waals surface area contributed by atoms with Gasteiger partial charge in [-0.05, 0) is 43.5 Å². The number of aromatic nitrogens is 4. The van der Waals surface area contributed by atoms with Gasteiger partial charge in [-0.3, -0.25) is 0 Å². The molecule has 8 heteroatoms. The van der Waals surface area contributed by atoms with Crippen LogP contribution in [0.3, 0.4) is 0 Å². The summed E-state index contributed by atoms with van der Waals surface area (Å²) in [7, 11) is -3.24. The van der Waals surface area contributed by atoms with Crippen molar-refractivity contribution in [3.63, 3.8) is 0 Å². The summed E-state index contributed by atoms with van der Waals surface area (Å²) in [6, 6.07) is 8.53. The van der Waals surface area contributed by atoms with Gasteiger partial charge in [-0.25, -0.2) is 18.1 Å². The lowest BCUT2D eigenvalue weighted by Crippen LogP contribution is -2.02. The Balaban J connectivity index is 1.77. The average Bonchev–Trinajstić information content (AvgIpc) is 3.19. The number of hydrogen-bond acceptors (Lipinski definition) is 6. The molecule has 0 N–H and O–H groups in total. The predicted molar refractivity (Wildman–Crippen MR) is 95.9 cm³/mol. The molecule has 3 aromatic rings. The van der Waals surface area contributed by atoms with E-state index >= 15 is 0 Å². The van der Waals surface area contributed by atoms with Crippen molar-refractivity contribution in [1.82, 2.24) is 19.9 Å². The summed E-state index contributed by atoms with van der Waals surface area (Å²) in [5.74, 6) is 2.63. The van der Waals surface area contributed by atoms with E-state index in [1.54, 1.807) is 28.9 Å². The Morgan fingerprint density at radius 3 is 2.58 bits per heavy atom. The number of sulfone groups is 1. The molecule has 1 aromatic carbocycles. The largest absolute Gasteiger partial charge is 0.361 e. The second-order valence-corrected chi connectivity index (χ2v) is 8.69. The van der Waals surface area contributed by atoms with Crippen molar-refractivity contribution in [2.24, 2.45) is 0 Å². The molecule has 0 saturated heterocycles. The lowest BCUT2D eigenvalue weighted by Gasteiger charge is -2.05. The lowest BCUT2D eigenvalue weighted by molar-refractivity contribution is 0.384. The van der Waals surface area contributed by atoms with E-state index in [-0.39, 0.29) is 4.90 Å². The molecule has 26 heavy (non-hydrogen) atoms. The molecule has 0 spiro atoms. The molecule has 1 saturated carbocycles. The fourth-order valence-electron chi connectivity index (χ4n) is 2.81. The van der Waals surface area contributed by atoms with Crippen molar-refractivity contribution in [2.75, 3.05) is 6.26 Å². The van der Waals surface area contributed by atoms with E-state index in [0.29, 0.717) is 17.4 Å². The molecule has 0 amide bonds. The van der Waals surface area contributed by atoms with Gasteiger partial charge < -0.3 is 4.52 Å². The van der Waals surface area contributed by atoms with Crippen LogP contribution in [0.5, 0.6) is 0 Å². The SMILES string of the molecule is CCCc1cc(-c2nc(C3CC3)nn2-c2ccc(S(C)(=O)=O)cc2)no1. The summed E-state index contributed by atoms with van der Waals surface area (Å²) in [5, 5.41) is 8.79. The van der Waals surface area contributed by atoms with Crippen LogP contribution in [-0.4, -0.2) is 34.6 Å². The van der Waals surface area contributed by atoms with Crippen molar-refractivity contribution in [3.05, 3.63) is 41.9 Å². The summed E-state index contributed by atoms with van der Waals surface area (Å²) in [4.78, 5) is 4.95. The van der Waals surface area contributed by atoms with E-state index in [1.807, 2.05) is 6.07 Å².